The fraction of sp³-hybridized carbons (Fsp3) is 0.333. The number of carbonyl (C=O) groups excluding carboxylic acids is 2. The molecule has 0 bridgehead atoms. The van der Waals surface area contributed by atoms with E-state index in [2.05, 4.69) is 4.74 Å². The predicted molar refractivity (Wildman–Crippen MR) is 62.9 cm³/mol. The van der Waals surface area contributed by atoms with E-state index in [1.165, 1.54) is 12.0 Å². The lowest BCUT2D eigenvalue weighted by Crippen LogP contribution is -2.42. The van der Waals surface area contributed by atoms with Gasteiger partial charge >= 0.3 is 6.09 Å². The average molecular weight is 254 g/mol. The van der Waals surface area contributed by atoms with Crippen molar-refractivity contribution < 1.29 is 14.3 Å². The highest BCUT2D eigenvalue weighted by Gasteiger charge is 2.35. The number of carbonyl (C=O) groups is 2. The maximum absolute atomic E-state index is 11.6. The first-order valence-corrected chi connectivity index (χ1v) is 5.64. The summed E-state index contributed by atoms with van der Waals surface area (Å²) in [6.07, 6.45) is 0.171. The lowest BCUT2D eigenvalue weighted by Gasteiger charge is -2.33. The molecule has 1 heterocycles. The number of halogens is 1. The summed E-state index contributed by atoms with van der Waals surface area (Å²) in [4.78, 5) is 24.5. The highest BCUT2D eigenvalue weighted by molar-refractivity contribution is 6.64. The maximum Gasteiger partial charge on any atom is 0.410 e. The first kappa shape index (κ1) is 11.9. The molecule has 1 unspecified atom stereocenters. The Labute approximate surface area is 104 Å². The van der Waals surface area contributed by atoms with E-state index in [1.54, 1.807) is 0 Å². The minimum absolute atomic E-state index is 0.437. The smallest absolute Gasteiger partial charge is 0.410 e. The first-order valence-electron chi connectivity index (χ1n) is 5.27. The SMILES string of the molecule is COC(=O)N1CCc2ccccc2C1C(=O)Cl. The van der Waals surface area contributed by atoms with E-state index in [0.29, 0.717) is 13.0 Å². The maximum atomic E-state index is 11.6. The number of hydrogen-bond donors (Lipinski definition) is 0. The Morgan fingerprint density at radius 1 is 1.41 bits per heavy atom. The topological polar surface area (TPSA) is 46.6 Å². The van der Waals surface area contributed by atoms with Crippen molar-refractivity contribution in [2.24, 2.45) is 0 Å². The molecule has 17 heavy (non-hydrogen) atoms. The summed E-state index contributed by atoms with van der Waals surface area (Å²) in [5.74, 6) is 0. The summed E-state index contributed by atoms with van der Waals surface area (Å²) in [6, 6.07) is 6.75. The van der Waals surface area contributed by atoms with Gasteiger partial charge in [0.2, 0.25) is 5.24 Å². The summed E-state index contributed by atoms with van der Waals surface area (Å²) in [6.45, 7) is 0.437. The molecule has 0 fully saturated rings. The minimum atomic E-state index is -0.742. The van der Waals surface area contributed by atoms with Crippen molar-refractivity contribution >= 4 is 22.9 Å². The number of fused-ring (bicyclic) bond motifs is 1. The second-order valence-corrected chi connectivity index (χ2v) is 4.19. The van der Waals surface area contributed by atoms with Crippen molar-refractivity contribution in [2.75, 3.05) is 13.7 Å². The van der Waals surface area contributed by atoms with Crippen LogP contribution in [-0.2, 0) is 16.0 Å². The van der Waals surface area contributed by atoms with Gasteiger partial charge < -0.3 is 4.74 Å². The van der Waals surface area contributed by atoms with Crippen molar-refractivity contribution in [2.45, 2.75) is 12.5 Å². The van der Waals surface area contributed by atoms with Gasteiger partial charge in [0.25, 0.3) is 0 Å². The average Bonchev–Trinajstić information content (AvgIpc) is 2.36. The van der Waals surface area contributed by atoms with Crippen LogP contribution in [0.2, 0.25) is 0 Å². The van der Waals surface area contributed by atoms with E-state index < -0.39 is 17.4 Å². The normalized spacial score (nSPS) is 18.5. The number of hydrogen-bond acceptors (Lipinski definition) is 3. The zero-order valence-corrected chi connectivity index (χ0v) is 10.1. The molecule has 1 aliphatic rings. The quantitative estimate of drug-likeness (QED) is 0.721. The summed E-state index contributed by atoms with van der Waals surface area (Å²) in [5.41, 5.74) is 1.83. The molecule has 1 aromatic rings. The molecule has 0 aliphatic carbocycles. The predicted octanol–water partition coefficient (Wildman–Crippen LogP) is 2.12. The van der Waals surface area contributed by atoms with Crippen LogP contribution in [0.25, 0.3) is 0 Å². The third-order valence-corrected chi connectivity index (χ3v) is 3.11. The zero-order chi connectivity index (χ0) is 12.4. The number of rotatable bonds is 1. The van der Waals surface area contributed by atoms with E-state index in [1.807, 2.05) is 24.3 Å². The summed E-state index contributed by atoms with van der Waals surface area (Å²) < 4.78 is 4.66. The zero-order valence-electron chi connectivity index (χ0n) is 9.35. The highest BCUT2D eigenvalue weighted by atomic mass is 35.5. The van der Waals surface area contributed by atoms with Crippen LogP contribution in [0.3, 0.4) is 0 Å². The van der Waals surface area contributed by atoms with Crippen molar-refractivity contribution in [3.05, 3.63) is 35.4 Å². The Morgan fingerprint density at radius 2 is 2.12 bits per heavy atom. The standard InChI is InChI=1S/C12H12ClNO3/c1-17-12(16)14-7-6-8-4-2-3-5-9(8)10(14)11(13)15/h2-5,10H,6-7H2,1H3. The molecule has 0 saturated heterocycles. The monoisotopic (exact) mass is 253 g/mol. The molecule has 0 radical (unpaired) electrons. The fourth-order valence-electron chi connectivity index (χ4n) is 2.13. The van der Waals surface area contributed by atoms with Crippen molar-refractivity contribution in [1.82, 2.24) is 4.90 Å². The van der Waals surface area contributed by atoms with Gasteiger partial charge in [-0.2, -0.15) is 0 Å². The lowest BCUT2D eigenvalue weighted by atomic mass is 9.93. The number of ether oxygens (including phenoxy) is 1. The second-order valence-electron chi connectivity index (χ2n) is 3.82. The number of nitrogens with zero attached hydrogens (tertiary/aromatic N) is 1. The summed E-state index contributed by atoms with van der Waals surface area (Å²) in [5, 5.41) is -0.567. The molecular formula is C12H12ClNO3. The molecule has 2 rings (SSSR count). The fourth-order valence-corrected chi connectivity index (χ4v) is 2.36. The Balaban J connectivity index is 2.43. The second kappa shape index (κ2) is 4.75. The van der Waals surface area contributed by atoms with E-state index in [4.69, 9.17) is 11.6 Å². The first-order chi connectivity index (χ1) is 8.15. The number of methoxy groups -OCH3 is 1. The van der Waals surface area contributed by atoms with Crippen molar-refractivity contribution in [3.63, 3.8) is 0 Å². The Bertz CT molecular complexity index is 461. The molecule has 1 amide bonds. The van der Waals surface area contributed by atoms with Crippen LogP contribution in [0.5, 0.6) is 0 Å². The van der Waals surface area contributed by atoms with Gasteiger partial charge in [-0.25, -0.2) is 4.79 Å². The van der Waals surface area contributed by atoms with Crippen molar-refractivity contribution in [3.8, 4) is 0 Å². The van der Waals surface area contributed by atoms with Crippen LogP contribution in [0.15, 0.2) is 24.3 Å². The van der Waals surface area contributed by atoms with Crippen LogP contribution >= 0.6 is 11.6 Å². The summed E-state index contributed by atoms with van der Waals surface area (Å²) in [7, 11) is 1.29. The molecule has 1 aromatic carbocycles. The Hall–Kier alpha value is -1.55. The van der Waals surface area contributed by atoms with Crippen LogP contribution in [0.4, 0.5) is 4.79 Å². The molecule has 90 valence electrons. The third kappa shape index (κ3) is 2.13. The van der Waals surface area contributed by atoms with Crippen molar-refractivity contribution in [1.29, 1.82) is 0 Å². The van der Waals surface area contributed by atoms with Gasteiger partial charge in [-0.1, -0.05) is 24.3 Å². The van der Waals surface area contributed by atoms with E-state index in [0.717, 1.165) is 11.1 Å². The number of benzene rings is 1. The van der Waals surface area contributed by atoms with Crippen LogP contribution in [0.1, 0.15) is 17.2 Å². The van der Waals surface area contributed by atoms with Crippen LogP contribution in [0, 0.1) is 0 Å². The molecular weight excluding hydrogens is 242 g/mol. The van der Waals surface area contributed by atoms with Gasteiger partial charge in [-0.15, -0.1) is 0 Å². The van der Waals surface area contributed by atoms with E-state index >= 15 is 0 Å². The molecule has 1 atom stereocenters. The van der Waals surface area contributed by atoms with E-state index in [-0.39, 0.29) is 0 Å². The Morgan fingerprint density at radius 3 is 2.76 bits per heavy atom. The lowest BCUT2D eigenvalue weighted by molar-refractivity contribution is -0.116. The molecule has 0 aromatic heterocycles. The molecule has 0 saturated carbocycles. The Kier molecular flexibility index (Phi) is 3.33. The van der Waals surface area contributed by atoms with Gasteiger partial charge in [0.1, 0.15) is 6.04 Å². The van der Waals surface area contributed by atoms with Crippen LogP contribution < -0.4 is 0 Å². The molecule has 4 nitrogen and oxygen atoms in total. The van der Waals surface area contributed by atoms with Crippen LogP contribution in [-0.4, -0.2) is 29.9 Å². The minimum Gasteiger partial charge on any atom is -0.453 e. The highest BCUT2D eigenvalue weighted by Crippen LogP contribution is 2.31. The van der Waals surface area contributed by atoms with Gasteiger partial charge in [-0.3, -0.25) is 9.69 Å². The van der Waals surface area contributed by atoms with E-state index in [9.17, 15) is 9.59 Å². The molecule has 0 N–H and O–H groups in total. The molecule has 5 heteroatoms. The number of amides is 1. The molecule has 1 aliphatic heterocycles. The largest absolute Gasteiger partial charge is 0.453 e. The molecule has 0 spiro atoms. The summed E-state index contributed by atoms with van der Waals surface area (Å²) >= 11 is 5.59. The van der Waals surface area contributed by atoms with Gasteiger partial charge in [-0.05, 0) is 29.1 Å². The van der Waals surface area contributed by atoms with Gasteiger partial charge in [0, 0.05) is 6.54 Å². The van der Waals surface area contributed by atoms with Gasteiger partial charge in [0.15, 0.2) is 0 Å². The third-order valence-electron chi connectivity index (χ3n) is 2.91. The van der Waals surface area contributed by atoms with Gasteiger partial charge in [0.05, 0.1) is 7.11 Å².